The van der Waals surface area contributed by atoms with Crippen LogP contribution in [0.25, 0.3) is 0 Å². The molecule has 4 N–H and O–H groups in total. The number of hydrogen-bond acceptors (Lipinski definition) is 7. The second-order valence-corrected chi connectivity index (χ2v) is 11.9. The molecule has 5 atom stereocenters. The van der Waals surface area contributed by atoms with Crippen LogP contribution in [0.2, 0.25) is 16.6 Å². The summed E-state index contributed by atoms with van der Waals surface area (Å²) >= 11 is -3.01. The molecule has 1 aliphatic heterocycles. The zero-order valence-electron chi connectivity index (χ0n) is 9.76. The van der Waals surface area contributed by atoms with Gasteiger partial charge in [0, 0.05) is 0 Å². The van der Waals surface area contributed by atoms with Crippen molar-refractivity contribution in [1.29, 1.82) is 0 Å². The third-order valence-electron chi connectivity index (χ3n) is 2.39. The SMILES string of the molecule is C[As](C)(=O)CC1OC(OC(O)CO)C(O)C1O. The second-order valence-electron chi connectivity index (χ2n) is 4.55. The van der Waals surface area contributed by atoms with Crippen LogP contribution in [0.1, 0.15) is 0 Å². The number of aliphatic hydroxyl groups is 4. The normalized spacial score (nSPS) is 36.1. The molecule has 0 aromatic heterocycles. The molecule has 0 saturated carbocycles. The molecule has 0 aliphatic carbocycles. The second kappa shape index (κ2) is 5.84. The first kappa shape index (κ1) is 15.2. The van der Waals surface area contributed by atoms with Crippen molar-refractivity contribution in [3.63, 3.8) is 0 Å². The molecular formula is C9H19AsO7. The Balaban J connectivity index is 2.59. The van der Waals surface area contributed by atoms with Crippen LogP contribution < -0.4 is 0 Å². The molecule has 0 aromatic rings. The molecule has 102 valence electrons. The van der Waals surface area contributed by atoms with E-state index in [2.05, 4.69) is 0 Å². The maximum atomic E-state index is 11.7. The number of ether oxygens (including phenoxy) is 2. The van der Waals surface area contributed by atoms with Crippen molar-refractivity contribution in [2.45, 2.75) is 47.5 Å². The third kappa shape index (κ3) is 4.37. The molecule has 5 unspecified atom stereocenters. The molecule has 0 bridgehead atoms. The standard InChI is InChI=1S/C9H19AsO7/c1-10(2,15)3-5-7(13)8(14)9(16-5)17-6(12)4-11/h5-9,11-14H,3-4H2,1-2H3. The van der Waals surface area contributed by atoms with Crippen molar-refractivity contribution in [2.24, 2.45) is 0 Å². The topological polar surface area (TPSA) is 116 Å². The minimum absolute atomic E-state index is 0.172. The fourth-order valence-electron chi connectivity index (χ4n) is 1.61. The monoisotopic (exact) mass is 314 g/mol. The van der Waals surface area contributed by atoms with Crippen molar-refractivity contribution in [1.82, 2.24) is 0 Å². The molecular weight excluding hydrogens is 295 g/mol. The van der Waals surface area contributed by atoms with Gasteiger partial charge in [-0.1, -0.05) is 0 Å². The molecule has 17 heavy (non-hydrogen) atoms. The van der Waals surface area contributed by atoms with Gasteiger partial charge in [-0.2, -0.15) is 0 Å². The quantitative estimate of drug-likeness (QED) is 0.356. The summed E-state index contributed by atoms with van der Waals surface area (Å²) < 4.78 is 21.6. The molecule has 0 spiro atoms. The van der Waals surface area contributed by atoms with E-state index in [0.717, 1.165) is 0 Å². The summed E-state index contributed by atoms with van der Waals surface area (Å²) in [5, 5.41) is 37.1. The Morgan fingerprint density at radius 3 is 2.41 bits per heavy atom. The third-order valence-corrected chi connectivity index (χ3v) is 4.99. The van der Waals surface area contributed by atoms with Gasteiger partial charge in [-0.25, -0.2) is 0 Å². The van der Waals surface area contributed by atoms with E-state index in [-0.39, 0.29) is 5.21 Å². The first-order chi connectivity index (χ1) is 7.74. The summed E-state index contributed by atoms with van der Waals surface area (Å²) in [6.45, 7) is -0.642. The van der Waals surface area contributed by atoms with E-state index in [1.54, 1.807) is 11.4 Å². The Morgan fingerprint density at radius 2 is 1.94 bits per heavy atom. The average Bonchev–Trinajstić information content (AvgIpc) is 2.44. The van der Waals surface area contributed by atoms with Crippen molar-refractivity contribution in [3.8, 4) is 0 Å². The van der Waals surface area contributed by atoms with Gasteiger partial charge in [0.05, 0.1) is 0 Å². The summed E-state index contributed by atoms with van der Waals surface area (Å²) in [7, 11) is 0. The molecule has 8 heteroatoms. The van der Waals surface area contributed by atoms with Crippen LogP contribution in [0.5, 0.6) is 0 Å². The molecule has 1 rings (SSSR count). The Morgan fingerprint density at radius 1 is 1.35 bits per heavy atom. The van der Waals surface area contributed by atoms with Gasteiger partial charge in [0.25, 0.3) is 0 Å². The van der Waals surface area contributed by atoms with Gasteiger partial charge < -0.3 is 0 Å². The Labute approximate surface area is 102 Å². The van der Waals surface area contributed by atoms with E-state index in [1.165, 1.54) is 0 Å². The van der Waals surface area contributed by atoms with Crippen LogP contribution in [0.15, 0.2) is 0 Å². The van der Waals surface area contributed by atoms with Gasteiger partial charge in [-0.05, 0) is 0 Å². The predicted octanol–water partition coefficient (Wildman–Crippen LogP) is -1.60. The van der Waals surface area contributed by atoms with E-state index < -0.39 is 51.0 Å². The molecule has 0 radical (unpaired) electrons. The molecule has 0 amide bonds. The summed E-state index contributed by atoms with van der Waals surface area (Å²) in [5.41, 5.74) is 3.22. The van der Waals surface area contributed by atoms with E-state index in [0.29, 0.717) is 0 Å². The fourth-order valence-corrected chi connectivity index (χ4v) is 4.06. The molecule has 7 nitrogen and oxygen atoms in total. The zero-order chi connectivity index (χ0) is 13.2. The van der Waals surface area contributed by atoms with Gasteiger partial charge in [0.2, 0.25) is 0 Å². The summed E-state index contributed by atoms with van der Waals surface area (Å²) in [5.74, 6) is 0. The first-order valence-corrected chi connectivity index (χ1v) is 11.1. The summed E-state index contributed by atoms with van der Waals surface area (Å²) in [6.07, 6.45) is -6.02. The first-order valence-electron chi connectivity index (χ1n) is 5.24. The average molecular weight is 314 g/mol. The van der Waals surface area contributed by atoms with Crippen LogP contribution in [0, 0.1) is 0 Å². The van der Waals surface area contributed by atoms with Crippen molar-refractivity contribution < 1.29 is 33.6 Å². The number of hydrogen-bond donors (Lipinski definition) is 4. The van der Waals surface area contributed by atoms with Crippen LogP contribution in [0.4, 0.5) is 0 Å². The zero-order valence-corrected chi connectivity index (χ0v) is 11.6. The molecule has 1 fully saturated rings. The Kier molecular flexibility index (Phi) is 5.21. The van der Waals surface area contributed by atoms with Gasteiger partial charge >= 0.3 is 101 Å². The van der Waals surface area contributed by atoms with Crippen LogP contribution in [0.3, 0.4) is 0 Å². The van der Waals surface area contributed by atoms with Gasteiger partial charge in [-0.3, -0.25) is 0 Å². The number of aliphatic hydroxyl groups excluding tert-OH is 4. The Bertz CT molecular complexity index is 291. The molecule has 1 aliphatic rings. The van der Waals surface area contributed by atoms with E-state index in [1.807, 2.05) is 0 Å². The minimum atomic E-state index is -3.01. The van der Waals surface area contributed by atoms with Crippen LogP contribution in [-0.2, 0) is 13.2 Å². The van der Waals surface area contributed by atoms with Crippen molar-refractivity contribution in [3.05, 3.63) is 0 Å². The molecule has 0 aromatic carbocycles. The van der Waals surface area contributed by atoms with E-state index >= 15 is 0 Å². The summed E-state index contributed by atoms with van der Waals surface area (Å²) in [4.78, 5) is 0. The van der Waals surface area contributed by atoms with E-state index in [4.69, 9.17) is 19.7 Å². The van der Waals surface area contributed by atoms with Gasteiger partial charge in [-0.15, -0.1) is 0 Å². The maximum absolute atomic E-state index is 11.7. The molecule has 1 heterocycles. The van der Waals surface area contributed by atoms with Gasteiger partial charge in [0.15, 0.2) is 0 Å². The number of rotatable bonds is 5. The predicted molar refractivity (Wildman–Crippen MR) is 57.8 cm³/mol. The van der Waals surface area contributed by atoms with Gasteiger partial charge in [0.1, 0.15) is 0 Å². The summed E-state index contributed by atoms with van der Waals surface area (Å²) in [6, 6.07) is 0. The van der Waals surface area contributed by atoms with Crippen molar-refractivity contribution >= 4 is 13.5 Å². The molecule has 1 saturated heterocycles. The fraction of sp³-hybridized carbons (Fsp3) is 1.00. The van der Waals surface area contributed by atoms with Crippen molar-refractivity contribution in [2.75, 3.05) is 6.61 Å². The Hall–Kier alpha value is 0.118. The van der Waals surface area contributed by atoms with Crippen LogP contribution in [-0.4, -0.2) is 71.4 Å². The van der Waals surface area contributed by atoms with E-state index in [9.17, 15) is 14.0 Å². The van der Waals surface area contributed by atoms with Crippen LogP contribution >= 0.6 is 0 Å².